The summed E-state index contributed by atoms with van der Waals surface area (Å²) in [6.07, 6.45) is 6.10. The first-order valence-electron chi connectivity index (χ1n) is 10.6. The second kappa shape index (κ2) is 7.65. The number of nitrogens with zero attached hydrogens (tertiary/aromatic N) is 1. The Kier molecular flexibility index (Phi) is 4.83. The molecular formula is C25H27N3O2. The van der Waals surface area contributed by atoms with Gasteiger partial charge in [-0.2, -0.15) is 0 Å². The Balaban J connectivity index is 1.30. The Labute approximate surface area is 176 Å². The molecule has 0 aliphatic carbocycles. The molecule has 1 fully saturated rings. The lowest BCUT2D eigenvalue weighted by Gasteiger charge is -2.35. The summed E-state index contributed by atoms with van der Waals surface area (Å²) in [5, 5.41) is 2.26. The van der Waals surface area contributed by atoms with E-state index in [2.05, 4.69) is 33.2 Å². The number of fused-ring (bicyclic) bond motifs is 2. The van der Waals surface area contributed by atoms with Gasteiger partial charge in [0.15, 0.2) is 5.78 Å². The SMILES string of the molecule is COc1ccc2[nH]cc(C3CCN(C(C)C(=O)c4c[nH]c5ccccc45)CC3)c2c1. The number of H-pyrrole nitrogens is 2. The van der Waals surface area contributed by atoms with Crippen LogP contribution in [0.25, 0.3) is 21.8 Å². The van der Waals surface area contributed by atoms with Crippen molar-refractivity contribution in [2.75, 3.05) is 20.2 Å². The quantitative estimate of drug-likeness (QED) is 0.457. The lowest BCUT2D eigenvalue weighted by Crippen LogP contribution is -2.43. The van der Waals surface area contributed by atoms with Crippen LogP contribution < -0.4 is 4.74 Å². The second-order valence-corrected chi connectivity index (χ2v) is 8.25. The van der Waals surface area contributed by atoms with Gasteiger partial charge in [0.2, 0.25) is 0 Å². The van der Waals surface area contributed by atoms with E-state index in [1.165, 1.54) is 10.9 Å². The van der Waals surface area contributed by atoms with Gasteiger partial charge >= 0.3 is 0 Å². The monoisotopic (exact) mass is 401 g/mol. The van der Waals surface area contributed by atoms with E-state index in [4.69, 9.17) is 4.74 Å². The zero-order chi connectivity index (χ0) is 20.7. The molecule has 3 heterocycles. The number of carbonyl (C=O) groups is 1. The van der Waals surface area contributed by atoms with Gasteiger partial charge in [0.05, 0.1) is 13.2 Å². The number of hydrogen-bond acceptors (Lipinski definition) is 3. The number of nitrogens with one attached hydrogen (secondary N) is 2. The first-order valence-corrected chi connectivity index (χ1v) is 10.6. The van der Waals surface area contributed by atoms with Gasteiger partial charge in [0.25, 0.3) is 0 Å². The van der Waals surface area contributed by atoms with E-state index >= 15 is 0 Å². The molecule has 0 bridgehead atoms. The molecule has 0 radical (unpaired) electrons. The molecule has 1 saturated heterocycles. The summed E-state index contributed by atoms with van der Waals surface area (Å²) in [6.45, 7) is 3.90. The smallest absolute Gasteiger partial charge is 0.181 e. The minimum atomic E-state index is -0.117. The fraction of sp³-hybridized carbons (Fsp3) is 0.320. The van der Waals surface area contributed by atoms with Gasteiger partial charge in [0.1, 0.15) is 5.75 Å². The fourth-order valence-electron chi connectivity index (χ4n) is 4.85. The van der Waals surface area contributed by atoms with Gasteiger partial charge in [-0.05, 0) is 68.6 Å². The minimum Gasteiger partial charge on any atom is -0.497 e. The zero-order valence-electron chi connectivity index (χ0n) is 17.4. The summed E-state index contributed by atoms with van der Waals surface area (Å²) in [6, 6.07) is 14.1. The van der Waals surface area contributed by atoms with Crippen LogP contribution in [-0.2, 0) is 0 Å². The van der Waals surface area contributed by atoms with Crippen molar-refractivity contribution in [1.29, 1.82) is 0 Å². The number of benzene rings is 2. The van der Waals surface area contributed by atoms with E-state index in [-0.39, 0.29) is 11.8 Å². The summed E-state index contributed by atoms with van der Waals surface area (Å²) in [4.78, 5) is 22.1. The Morgan fingerprint density at radius 2 is 1.77 bits per heavy atom. The normalized spacial score (nSPS) is 16.9. The number of ketones is 1. The third-order valence-corrected chi connectivity index (χ3v) is 6.67. The van der Waals surface area contributed by atoms with E-state index in [1.807, 2.05) is 43.5 Å². The molecule has 2 aromatic heterocycles. The topological polar surface area (TPSA) is 61.1 Å². The highest BCUT2D eigenvalue weighted by Crippen LogP contribution is 2.35. The summed E-state index contributed by atoms with van der Waals surface area (Å²) in [7, 11) is 1.71. The summed E-state index contributed by atoms with van der Waals surface area (Å²) in [5.41, 5.74) is 4.32. The van der Waals surface area contributed by atoms with Gasteiger partial charge in [-0.3, -0.25) is 9.69 Å². The van der Waals surface area contributed by atoms with Crippen LogP contribution >= 0.6 is 0 Å². The number of hydrogen-bond donors (Lipinski definition) is 2. The fourth-order valence-corrected chi connectivity index (χ4v) is 4.85. The molecular weight excluding hydrogens is 374 g/mol. The third-order valence-electron chi connectivity index (χ3n) is 6.67. The first-order chi connectivity index (χ1) is 14.7. The molecule has 4 aromatic rings. The van der Waals surface area contributed by atoms with E-state index in [0.29, 0.717) is 5.92 Å². The van der Waals surface area contributed by atoms with Crippen molar-refractivity contribution < 1.29 is 9.53 Å². The highest BCUT2D eigenvalue weighted by atomic mass is 16.5. The van der Waals surface area contributed by atoms with E-state index in [1.54, 1.807) is 7.11 Å². The minimum absolute atomic E-state index is 0.117. The van der Waals surface area contributed by atoms with E-state index in [0.717, 1.165) is 53.7 Å². The lowest BCUT2D eigenvalue weighted by molar-refractivity contribution is 0.0799. The van der Waals surface area contributed by atoms with Crippen LogP contribution in [0, 0.1) is 0 Å². The molecule has 1 atom stereocenters. The van der Waals surface area contributed by atoms with Crippen molar-refractivity contribution in [2.24, 2.45) is 0 Å². The number of piperidine rings is 1. The number of aromatic amines is 2. The molecule has 0 amide bonds. The van der Waals surface area contributed by atoms with Crippen LogP contribution in [0.4, 0.5) is 0 Å². The molecule has 5 heteroatoms. The van der Waals surface area contributed by atoms with Gasteiger partial charge in [-0.1, -0.05) is 18.2 Å². The molecule has 5 nitrogen and oxygen atoms in total. The van der Waals surface area contributed by atoms with Gasteiger partial charge in [-0.15, -0.1) is 0 Å². The van der Waals surface area contributed by atoms with Crippen molar-refractivity contribution in [3.8, 4) is 5.75 Å². The van der Waals surface area contributed by atoms with Crippen LogP contribution in [-0.4, -0.2) is 46.9 Å². The lowest BCUT2D eigenvalue weighted by atomic mass is 9.88. The predicted octanol–water partition coefficient (Wildman–Crippen LogP) is 5.11. The van der Waals surface area contributed by atoms with Gasteiger partial charge < -0.3 is 14.7 Å². The maximum atomic E-state index is 13.2. The number of methoxy groups -OCH3 is 1. The molecule has 1 unspecified atom stereocenters. The molecule has 30 heavy (non-hydrogen) atoms. The molecule has 5 rings (SSSR count). The van der Waals surface area contributed by atoms with Gasteiger partial charge in [0, 0.05) is 39.8 Å². The number of Topliss-reactive ketones (excluding diaryl/α,β-unsaturated/α-hetero) is 1. The van der Waals surface area contributed by atoms with Gasteiger partial charge in [-0.25, -0.2) is 0 Å². The molecule has 1 aliphatic rings. The molecule has 0 spiro atoms. The Morgan fingerprint density at radius 3 is 2.57 bits per heavy atom. The summed E-state index contributed by atoms with van der Waals surface area (Å²) < 4.78 is 5.41. The van der Waals surface area contributed by atoms with Crippen LogP contribution in [0.15, 0.2) is 54.9 Å². The number of aromatic nitrogens is 2. The summed E-state index contributed by atoms with van der Waals surface area (Å²) in [5.74, 6) is 1.58. The number of ether oxygens (including phenoxy) is 1. The molecule has 154 valence electrons. The van der Waals surface area contributed by atoms with Crippen LogP contribution in [0.5, 0.6) is 5.75 Å². The predicted molar refractivity (Wildman–Crippen MR) is 120 cm³/mol. The second-order valence-electron chi connectivity index (χ2n) is 8.25. The van der Waals surface area contributed by atoms with Crippen molar-refractivity contribution in [3.05, 3.63) is 66.0 Å². The summed E-state index contributed by atoms with van der Waals surface area (Å²) >= 11 is 0. The first kappa shape index (κ1) is 18.9. The molecule has 1 aliphatic heterocycles. The van der Waals surface area contributed by atoms with E-state index in [9.17, 15) is 4.79 Å². The number of rotatable bonds is 5. The van der Waals surface area contributed by atoms with Crippen molar-refractivity contribution in [2.45, 2.75) is 31.7 Å². The zero-order valence-corrected chi connectivity index (χ0v) is 17.4. The Hall–Kier alpha value is -3.05. The van der Waals surface area contributed by atoms with Crippen LogP contribution in [0.3, 0.4) is 0 Å². The van der Waals surface area contributed by atoms with Crippen molar-refractivity contribution >= 4 is 27.6 Å². The van der Waals surface area contributed by atoms with Crippen LogP contribution in [0.1, 0.15) is 41.6 Å². The van der Waals surface area contributed by atoms with Crippen LogP contribution in [0.2, 0.25) is 0 Å². The maximum absolute atomic E-state index is 13.2. The number of para-hydroxylation sites is 1. The standard InChI is InChI=1S/C25H27N3O2/c1-16(25(29)22-15-27-23-6-4-3-5-19(22)23)28-11-9-17(10-12-28)21-14-26-24-8-7-18(30-2)13-20(21)24/h3-8,13-17,26-27H,9-12H2,1-2H3. The largest absolute Gasteiger partial charge is 0.497 e. The molecule has 2 aromatic carbocycles. The van der Waals surface area contributed by atoms with Crippen molar-refractivity contribution in [1.82, 2.24) is 14.9 Å². The third kappa shape index (κ3) is 3.19. The average molecular weight is 402 g/mol. The maximum Gasteiger partial charge on any atom is 0.181 e. The Morgan fingerprint density at radius 1 is 1.03 bits per heavy atom. The molecule has 2 N–H and O–H groups in total. The Bertz CT molecular complexity index is 1200. The average Bonchev–Trinajstić information content (AvgIpc) is 3.42. The van der Waals surface area contributed by atoms with E-state index < -0.39 is 0 Å². The molecule has 0 saturated carbocycles. The van der Waals surface area contributed by atoms with Crippen molar-refractivity contribution in [3.63, 3.8) is 0 Å². The highest BCUT2D eigenvalue weighted by molar-refractivity contribution is 6.10. The number of likely N-dealkylation sites (tertiary alicyclic amines) is 1. The highest BCUT2D eigenvalue weighted by Gasteiger charge is 2.29. The number of carbonyl (C=O) groups excluding carboxylic acids is 1.